The SMILES string of the molecule is CNC(=O)C1Cc2cc3c(cc2CN1Cc1c(C)noc1C)OC(c1ccc(OCc2ccc(Cl)c(Cl)c2)cc1)CO3. The Morgan fingerprint density at radius 3 is 2.55 bits per heavy atom. The zero-order valence-corrected chi connectivity index (χ0v) is 25.1. The number of likely N-dealkylation sites (N-methyl/N-ethyl adjacent to an activating group) is 1. The Bertz CT molecular complexity index is 1600. The van der Waals surface area contributed by atoms with Crippen molar-refractivity contribution >= 4 is 29.1 Å². The predicted molar refractivity (Wildman–Crippen MR) is 159 cm³/mol. The van der Waals surface area contributed by atoms with Crippen LogP contribution in [0.2, 0.25) is 10.0 Å². The number of aryl methyl sites for hydroxylation is 2. The number of carbonyl (C=O) groups excluding carboxylic acids is 1. The molecule has 3 heterocycles. The van der Waals surface area contributed by atoms with Gasteiger partial charge in [-0.05, 0) is 78.9 Å². The molecule has 1 aromatic heterocycles. The van der Waals surface area contributed by atoms with Gasteiger partial charge in [0.25, 0.3) is 0 Å². The molecule has 10 heteroatoms. The third-order valence-electron chi connectivity index (χ3n) is 7.89. The number of aromatic nitrogens is 1. The Balaban J connectivity index is 1.16. The van der Waals surface area contributed by atoms with E-state index < -0.39 is 0 Å². The quantitative estimate of drug-likeness (QED) is 0.261. The molecule has 2 unspecified atom stereocenters. The molecule has 0 saturated carbocycles. The molecule has 1 amide bonds. The first-order valence-corrected chi connectivity index (χ1v) is 14.5. The van der Waals surface area contributed by atoms with E-state index in [0.717, 1.165) is 45.0 Å². The number of nitrogens with zero attached hydrogens (tertiary/aromatic N) is 2. The van der Waals surface area contributed by atoms with E-state index in [2.05, 4.69) is 15.4 Å². The van der Waals surface area contributed by atoms with Crippen molar-refractivity contribution in [2.75, 3.05) is 13.7 Å². The molecule has 218 valence electrons. The zero-order valence-electron chi connectivity index (χ0n) is 23.6. The second kappa shape index (κ2) is 11.9. The molecule has 4 aromatic rings. The van der Waals surface area contributed by atoms with Gasteiger partial charge in [-0.25, -0.2) is 0 Å². The number of fused-ring (bicyclic) bond motifs is 2. The van der Waals surface area contributed by atoms with Gasteiger partial charge in [0.05, 0.1) is 21.8 Å². The Morgan fingerprint density at radius 2 is 1.83 bits per heavy atom. The lowest BCUT2D eigenvalue weighted by Gasteiger charge is -2.37. The highest BCUT2D eigenvalue weighted by Crippen LogP contribution is 2.41. The highest BCUT2D eigenvalue weighted by Gasteiger charge is 2.34. The summed E-state index contributed by atoms with van der Waals surface area (Å²) < 4.78 is 23.9. The summed E-state index contributed by atoms with van der Waals surface area (Å²) in [6, 6.07) is 17.0. The van der Waals surface area contributed by atoms with Gasteiger partial charge in [0, 0.05) is 25.7 Å². The molecule has 1 N–H and O–H groups in total. The van der Waals surface area contributed by atoms with Crippen molar-refractivity contribution in [2.24, 2.45) is 0 Å². The highest BCUT2D eigenvalue weighted by molar-refractivity contribution is 6.42. The van der Waals surface area contributed by atoms with E-state index in [1.54, 1.807) is 19.2 Å². The van der Waals surface area contributed by atoms with E-state index in [0.29, 0.717) is 54.3 Å². The monoisotopic (exact) mass is 607 g/mol. The molecule has 3 aromatic carbocycles. The number of hydrogen-bond acceptors (Lipinski definition) is 7. The number of hydrogen-bond donors (Lipinski definition) is 1. The van der Waals surface area contributed by atoms with E-state index >= 15 is 0 Å². The molecule has 0 aliphatic carbocycles. The summed E-state index contributed by atoms with van der Waals surface area (Å²) in [5.74, 6) is 2.87. The molecule has 2 atom stereocenters. The van der Waals surface area contributed by atoms with Crippen LogP contribution in [0.4, 0.5) is 0 Å². The number of nitrogens with one attached hydrogen (secondary N) is 1. The van der Waals surface area contributed by atoms with Gasteiger partial charge in [-0.2, -0.15) is 0 Å². The minimum atomic E-state index is -0.316. The van der Waals surface area contributed by atoms with Crippen LogP contribution in [-0.2, 0) is 30.9 Å². The van der Waals surface area contributed by atoms with Gasteiger partial charge in [0.15, 0.2) is 17.6 Å². The first-order valence-electron chi connectivity index (χ1n) is 13.8. The number of rotatable bonds is 7. The van der Waals surface area contributed by atoms with Crippen LogP contribution >= 0.6 is 23.2 Å². The van der Waals surface area contributed by atoms with Crippen LogP contribution in [-0.4, -0.2) is 35.7 Å². The molecule has 6 rings (SSSR count). The summed E-state index contributed by atoms with van der Waals surface area (Å²) in [4.78, 5) is 15.0. The molecular formula is C32H31Cl2N3O5. The maximum atomic E-state index is 12.9. The Morgan fingerprint density at radius 1 is 1.05 bits per heavy atom. The van der Waals surface area contributed by atoms with Crippen molar-refractivity contribution in [3.05, 3.63) is 104 Å². The molecular weight excluding hydrogens is 577 g/mol. The van der Waals surface area contributed by atoms with Crippen molar-refractivity contribution in [1.82, 2.24) is 15.4 Å². The van der Waals surface area contributed by atoms with E-state index in [-0.39, 0.29) is 18.1 Å². The second-order valence-electron chi connectivity index (χ2n) is 10.6. The summed E-state index contributed by atoms with van der Waals surface area (Å²) in [6.45, 7) is 5.74. The van der Waals surface area contributed by atoms with Gasteiger partial charge in [-0.3, -0.25) is 9.69 Å². The summed E-state index contributed by atoms with van der Waals surface area (Å²) >= 11 is 12.1. The largest absolute Gasteiger partial charge is 0.489 e. The summed E-state index contributed by atoms with van der Waals surface area (Å²) in [5, 5.41) is 7.93. The first kappa shape index (κ1) is 28.4. The molecule has 0 spiro atoms. The summed E-state index contributed by atoms with van der Waals surface area (Å²) in [5.41, 5.74) is 5.96. The zero-order chi connectivity index (χ0) is 29.4. The minimum Gasteiger partial charge on any atom is -0.489 e. The number of benzene rings is 3. The van der Waals surface area contributed by atoms with E-state index in [1.807, 2.05) is 56.3 Å². The molecule has 8 nitrogen and oxygen atoms in total. The predicted octanol–water partition coefficient (Wildman–Crippen LogP) is 6.36. The maximum absolute atomic E-state index is 12.9. The van der Waals surface area contributed by atoms with Crippen LogP contribution in [0.3, 0.4) is 0 Å². The third-order valence-corrected chi connectivity index (χ3v) is 8.62. The Hall–Kier alpha value is -3.72. The normalized spacial score (nSPS) is 17.9. The molecule has 0 saturated heterocycles. The average molecular weight is 609 g/mol. The van der Waals surface area contributed by atoms with Crippen molar-refractivity contribution in [1.29, 1.82) is 0 Å². The maximum Gasteiger partial charge on any atom is 0.237 e. The van der Waals surface area contributed by atoms with Gasteiger partial charge in [0.1, 0.15) is 24.7 Å². The van der Waals surface area contributed by atoms with Crippen molar-refractivity contribution in [3.8, 4) is 17.2 Å². The Labute approximate surface area is 254 Å². The van der Waals surface area contributed by atoms with Crippen LogP contribution in [0.5, 0.6) is 17.2 Å². The molecule has 0 bridgehead atoms. The van der Waals surface area contributed by atoms with Crippen molar-refractivity contribution in [3.63, 3.8) is 0 Å². The van der Waals surface area contributed by atoms with Gasteiger partial charge < -0.3 is 24.1 Å². The van der Waals surface area contributed by atoms with E-state index in [1.165, 1.54) is 0 Å². The lowest BCUT2D eigenvalue weighted by Crippen LogP contribution is -2.49. The van der Waals surface area contributed by atoms with E-state index in [4.69, 9.17) is 41.9 Å². The standard InChI is InChI=1S/C32H31Cl2N3O5/c1-18-25(19(2)42-36-18)15-37-14-23-13-30-29(12-22(23)11-28(37)32(38)35-3)40-17-31(41-30)21-5-7-24(8-6-21)39-16-20-4-9-26(33)27(34)10-20/h4-10,12-13,28,31H,11,14-17H2,1-3H3,(H,35,38). The highest BCUT2D eigenvalue weighted by atomic mass is 35.5. The van der Waals surface area contributed by atoms with Crippen molar-refractivity contribution < 1.29 is 23.5 Å². The molecule has 42 heavy (non-hydrogen) atoms. The first-order chi connectivity index (χ1) is 20.3. The Kier molecular flexibility index (Phi) is 8.03. The molecule has 2 aliphatic heterocycles. The van der Waals surface area contributed by atoms with E-state index in [9.17, 15) is 4.79 Å². The molecule has 0 radical (unpaired) electrons. The number of carbonyl (C=O) groups is 1. The van der Waals surface area contributed by atoms with Gasteiger partial charge in [-0.1, -0.05) is 46.6 Å². The molecule has 0 fully saturated rings. The van der Waals surface area contributed by atoms with Crippen LogP contribution in [0.1, 0.15) is 45.4 Å². The fourth-order valence-electron chi connectivity index (χ4n) is 5.47. The van der Waals surface area contributed by atoms with Crippen LogP contribution < -0.4 is 19.5 Å². The van der Waals surface area contributed by atoms with Gasteiger partial charge in [-0.15, -0.1) is 0 Å². The van der Waals surface area contributed by atoms with Gasteiger partial charge >= 0.3 is 0 Å². The number of ether oxygens (including phenoxy) is 3. The molecule has 2 aliphatic rings. The van der Waals surface area contributed by atoms with Gasteiger partial charge in [0.2, 0.25) is 5.91 Å². The summed E-state index contributed by atoms with van der Waals surface area (Å²) in [6.07, 6.45) is 0.308. The second-order valence-corrected chi connectivity index (χ2v) is 11.4. The fraction of sp³-hybridized carbons (Fsp3) is 0.312. The summed E-state index contributed by atoms with van der Waals surface area (Å²) in [7, 11) is 1.67. The number of halogens is 2. The van der Waals surface area contributed by atoms with Crippen molar-refractivity contribution in [2.45, 2.75) is 52.1 Å². The topological polar surface area (TPSA) is 86.1 Å². The lowest BCUT2D eigenvalue weighted by molar-refractivity contribution is -0.126. The van der Waals surface area contributed by atoms with Crippen LogP contribution in [0, 0.1) is 13.8 Å². The fourth-order valence-corrected chi connectivity index (χ4v) is 5.79. The van der Waals surface area contributed by atoms with Crippen LogP contribution in [0.25, 0.3) is 0 Å². The third kappa shape index (κ3) is 5.79. The average Bonchev–Trinajstić information content (AvgIpc) is 3.32. The smallest absolute Gasteiger partial charge is 0.237 e. The number of amides is 1. The minimum absolute atomic E-state index is 0.0215. The lowest BCUT2D eigenvalue weighted by atomic mass is 9.92. The van der Waals surface area contributed by atoms with Crippen LogP contribution in [0.15, 0.2) is 59.1 Å².